The van der Waals surface area contributed by atoms with Gasteiger partial charge >= 0.3 is 0 Å². The molecule has 2 aliphatic heterocycles. The molecule has 0 spiro atoms. The van der Waals surface area contributed by atoms with Crippen molar-refractivity contribution >= 4 is 11.8 Å². The average molecular weight is 406 g/mol. The van der Waals surface area contributed by atoms with Crippen LogP contribution in [0.15, 0.2) is 36.9 Å². The number of hydrogen-bond acceptors (Lipinski definition) is 3. The number of para-hydroxylation sites is 1. The van der Waals surface area contributed by atoms with Crippen LogP contribution in [-0.2, 0) is 6.54 Å². The number of nitrogens with zero attached hydrogens (tertiary/aromatic N) is 1. The van der Waals surface area contributed by atoms with Crippen molar-refractivity contribution in [1.29, 1.82) is 0 Å². The van der Waals surface area contributed by atoms with Crippen LogP contribution in [0.2, 0.25) is 0 Å². The lowest BCUT2D eigenvalue weighted by atomic mass is 9.90. The summed E-state index contributed by atoms with van der Waals surface area (Å²) in [6.45, 7) is 8.67. The summed E-state index contributed by atoms with van der Waals surface area (Å²) in [6, 6.07) is 10.9. The van der Waals surface area contributed by atoms with E-state index >= 15 is 0 Å². The highest BCUT2D eigenvalue weighted by Gasteiger charge is 2.27. The monoisotopic (exact) mass is 405 g/mol. The van der Waals surface area contributed by atoms with E-state index in [2.05, 4.69) is 48.7 Å². The van der Waals surface area contributed by atoms with Gasteiger partial charge in [-0.05, 0) is 35.2 Å². The van der Waals surface area contributed by atoms with Crippen LogP contribution in [0.25, 0.3) is 17.2 Å². The van der Waals surface area contributed by atoms with Crippen molar-refractivity contribution in [3.05, 3.63) is 48.0 Å². The zero-order valence-electron chi connectivity index (χ0n) is 18.4. The number of anilines is 1. The van der Waals surface area contributed by atoms with Gasteiger partial charge < -0.3 is 14.4 Å². The van der Waals surface area contributed by atoms with Crippen LogP contribution in [0.5, 0.6) is 11.5 Å². The van der Waals surface area contributed by atoms with Crippen molar-refractivity contribution in [2.75, 3.05) is 18.2 Å². The molecule has 2 aromatic rings. The Labute approximate surface area is 181 Å². The number of benzene rings is 2. The molecule has 0 N–H and O–H groups in total. The molecule has 3 nitrogen and oxygen atoms in total. The van der Waals surface area contributed by atoms with Crippen LogP contribution in [0.4, 0.5) is 5.69 Å². The highest BCUT2D eigenvalue weighted by atomic mass is 16.7. The lowest BCUT2D eigenvalue weighted by Crippen LogP contribution is -2.28. The Kier molecular flexibility index (Phi) is 6.99. The number of ether oxygens (including phenoxy) is 2. The van der Waals surface area contributed by atoms with Crippen LogP contribution in [0.3, 0.4) is 0 Å². The highest BCUT2D eigenvalue weighted by Crippen LogP contribution is 2.46. The van der Waals surface area contributed by atoms with Crippen molar-refractivity contribution in [3.8, 4) is 22.6 Å². The third-order valence-electron chi connectivity index (χ3n) is 6.38. The smallest absolute Gasteiger partial charge is 0.231 e. The van der Waals surface area contributed by atoms with Gasteiger partial charge in [-0.15, -0.1) is 0 Å². The fourth-order valence-electron chi connectivity index (χ4n) is 4.75. The summed E-state index contributed by atoms with van der Waals surface area (Å²) in [5.74, 6) is 1.73. The molecule has 4 rings (SSSR count). The van der Waals surface area contributed by atoms with E-state index < -0.39 is 0 Å². The first-order valence-electron chi connectivity index (χ1n) is 11.7. The van der Waals surface area contributed by atoms with Crippen LogP contribution >= 0.6 is 0 Å². The topological polar surface area (TPSA) is 21.7 Å². The van der Waals surface area contributed by atoms with Crippen molar-refractivity contribution in [1.82, 2.24) is 0 Å². The van der Waals surface area contributed by atoms with E-state index in [0.717, 1.165) is 24.6 Å². The van der Waals surface area contributed by atoms with Crippen LogP contribution in [0.1, 0.15) is 75.8 Å². The zero-order chi connectivity index (χ0) is 20.8. The molecule has 2 aromatic carbocycles. The summed E-state index contributed by atoms with van der Waals surface area (Å²) in [5, 5.41) is 0. The number of rotatable bonds is 11. The van der Waals surface area contributed by atoms with Gasteiger partial charge in [-0.2, -0.15) is 0 Å². The summed E-state index contributed by atoms with van der Waals surface area (Å²) in [5.41, 5.74) is 6.40. The normalized spacial score (nSPS) is 13.8. The molecule has 0 saturated heterocycles. The molecule has 0 aromatic heterocycles. The summed E-state index contributed by atoms with van der Waals surface area (Å²) >= 11 is 0. The first kappa shape index (κ1) is 20.8. The molecule has 0 saturated carbocycles. The molecule has 0 aliphatic carbocycles. The van der Waals surface area contributed by atoms with Crippen LogP contribution in [0, 0.1) is 0 Å². The maximum absolute atomic E-state index is 5.64. The molecule has 0 radical (unpaired) electrons. The van der Waals surface area contributed by atoms with E-state index in [1.54, 1.807) is 0 Å². The van der Waals surface area contributed by atoms with Gasteiger partial charge in [-0.25, -0.2) is 0 Å². The Morgan fingerprint density at radius 2 is 1.60 bits per heavy atom. The third-order valence-corrected chi connectivity index (χ3v) is 6.38. The maximum Gasteiger partial charge on any atom is 0.231 e. The number of unbranched alkanes of at least 4 members (excludes halogenated alkanes) is 8. The fraction of sp³-hybridized carbons (Fsp3) is 0.481. The van der Waals surface area contributed by atoms with Gasteiger partial charge in [0.25, 0.3) is 0 Å². The summed E-state index contributed by atoms with van der Waals surface area (Å²) in [4.78, 5) is 2.54. The third kappa shape index (κ3) is 4.50. The second-order valence-electron chi connectivity index (χ2n) is 8.56. The quantitative estimate of drug-likeness (QED) is 0.360. The first-order chi connectivity index (χ1) is 14.8. The molecule has 0 fully saturated rings. The molecular weight excluding hydrogens is 370 g/mol. The van der Waals surface area contributed by atoms with E-state index in [9.17, 15) is 0 Å². The molecule has 0 bridgehead atoms. The van der Waals surface area contributed by atoms with E-state index in [4.69, 9.17) is 9.47 Å². The SMILES string of the molecule is C=Cc1cccc2c1N(CCCCCCCCCCC)Cc1cc3c(cc1-2)OCO3. The van der Waals surface area contributed by atoms with E-state index in [1.165, 1.54) is 85.7 Å². The Balaban J connectivity index is 1.42. The molecule has 30 heavy (non-hydrogen) atoms. The minimum absolute atomic E-state index is 0.319. The predicted molar refractivity (Wildman–Crippen MR) is 126 cm³/mol. The maximum atomic E-state index is 5.64. The largest absolute Gasteiger partial charge is 0.454 e. The molecule has 3 heteroatoms. The van der Waals surface area contributed by atoms with E-state index in [0.29, 0.717) is 6.79 Å². The number of hydrogen-bond donors (Lipinski definition) is 0. The van der Waals surface area contributed by atoms with Gasteiger partial charge in [0.05, 0.1) is 5.69 Å². The lowest BCUT2D eigenvalue weighted by Gasteiger charge is -2.34. The van der Waals surface area contributed by atoms with Crippen molar-refractivity contribution in [2.45, 2.75) is 71.3 Å². The minimum Gasteiger partial charge on any atom is -0.454 e. The Morgan fingerprint density at radius 1 is 0.900 bits per heavy atom. The number of fused-ring (bicyclic) bond motifs is 4. The first-order valence-corrected chi connectivity index (χ1v) is 11.7. The standard InChI is InChI=1S/C27H35NO2/c1-3-5-6-7-8-9-10-11-12-16-28-19-22-17-25-26(30-20-29-25)18-24(22)23-15-13-14-21(4-2)27(23)28/h4,13-15,17-18H,2-3,5-12,16,19-20H2,1H3. The van der Waals surface area contributed by atoms with Gasteiger partial charge in [0.15, 0.2) is 11.5 Å². The van der Waals surface area contributed by atoms with Crippen molar-refractivity contribution in [2.24, 2.45) is 0 Å². The Bertz CT molecular complexity index is 873. The predicted octanol–water partition coefficient (Wildman–Crippen LogP) is 7.58. The summed E-state index contributed by atoms with van der Waals surface area (Å²) in [6.07, 6.45) is 14.2. The highest BCUT2D eigenvalue weighted by molar-refractivity contribution is 5.90. The molecule has 0 unspecified atom stereocenters. The minimum atomic E-state index is 0.319. The van der Waals surface area contributed by atoms with Crippen molar-refractivity contribution < 1.29 is 9.47 Å². The van der Waals surface area contributed by atoms with Crippen molar-refractivity contribution in [3.63, 3.8) is 0 Å². The Morgan fingerprint density at radius 3 is 2.33 bits per heavy atom. The molecule has 0 amide bonds. The van der Waals surface area contributed by atoms with Crippen LogP contribution in [-0.4, -0.2) is 13.3 Å². The summed E-state index contributed by atoms with van der Waals surface area (Å²) in [7, 11) is 0. The van der Waals surface area contributed by atoms with E-state index in [1.807, 2.05) is 6.08 Å². The van der Waals surface area contributed by atoms with Gasteiger partial charge in [0, 0.05) is 18.7 Å². The van der Waals surface area contributed by atoms with Gasteiger partial charge in [-0.3, -0.25) is 0 Å². The van der Waals surface area contributed by atoms with Gasteiger partial charge in [-0.1, -0.05) is 89.1 Å². The van der Waals surface area contributed by atoms with Crippen LogP contribution < -0.4 is 14.4 Å². The molecule has 160 valence electrons. The van der Waals surface area contributed by atoms with E-state index in [-0.39, 0.29) is 0 Å². The second kappa shape index (κ2) is 10.1. The summed E-state index contributed by atoms with van der Waals surface area (Å²) < 4.78 is 11.3. The lowest BCUT2D eigenvalue weighted by molar-refractivity contribution is 0.174. The fourth-order valence-corrected chi connectivity index (χ4v) is 4.75. The average Bonchev–Trinajstić information content (AvgIpc) is 3.23. The zero-order valence-corrected chi connectivity index (χ0v) is 18.4. The van der Waals surface area contributed by atoms with Gasteiger partial charge in [0.2, 0.25) is 6.79 Å². The Hall–Kier alpha value is -2.42. The second-order valence-corrected chi connectivity index (χ2v) is 8.56. The molecule has 2 heterocycles. The molecule has 0 atom stereocenters. The van der Waals surface area contributed by atoms with Gasteiger partial charge in [0.1, 0.15) is 0 Å². The molecular formula is C27H35NO2. The molecule has 2 aliphatic rings.